The van der Waals surface area contributed by atoms with Gasteiger partial charge in [-0.1, -0.05) is 31.4 Å². The molecule has 140 valence electrons. The van der Waals surface area contributed by atoms with Gasteiger partial charge < -0.3 is 15.4 Å². The molecule has 1 fully saturated rings. The minimum absolute atomic E-state index is 0.0924. The van der Waals surface area contributed by atoms with Crippen molar-refractivity contribution in [1.29, 1.82) is 0 Å². The summed E-state index contributed by atoms with van der Waals surface area (Å²) in [5.41, 5.74) is 1.21. The number of rotatable bonds is 5. The summed E-state index contributed by atoms with van der Waals surface area (Å²) in [5, 5.41) is 12.3. The zero-order valence-corrected chi connectivity index (χ0v) is 14.8. The predicted octanol–water partition coefficient (Wildman–Crippen LogP) is 2.64. The molecule has 1 saturated carbocycles. The van der Waals surface area contributed by atoms with Crippen LogP contribution < -0.4 is 11.0 Å². The molecule has 1 aliphatic rings. The molecule has 1 aliphatic carbocycles. The lowest BCUT2D eigenvalue weighted by Crippen LogP contribution is -2.23. The van der Waals surface area contributed by atoms with Gasteiger partial charge in [-0.15, -0.1) is 0 Å². The van der Waals surface area contributed by atoms with Crippen molar-refractivity contribution in [2.24, 2.45) is 5.92 Å². The van der Waals surface area contributed by atoms with Gasteiger partial charge in [-0.25, -0.2) is 14.8 Å². The Bertz CT molecular complexity index is 1030. The molecule has 3 aromatic rings. The number of amides is 1. The molecule has 27 heavy (non-hydrogen) atoms. The number of aromatic hydroxyl groups is 1. The molecule has 8 nitrogen and oxygen atoms in total. The summed E-state index contributed by atoms with van der Waals surface area (Å²) < 4.78 is 1.63. The summed E-state index contributed by atoms with van der Waals surface area (Å²) in [6, 6.07) is 6.56. The summed E-state index contributed by atoms with van der Waals surface area (Å²) in [6.07, 6.45) is 6.33. The average Bonchev–Trinajstić information content (AvgIpc) is 2.99. The van der Waals surface area contributed by atoms with Crippen LogP contribution in [0.2, 0.25) is 0 Å². The number of aromatic nitrogens is 4. The van der Waals surface area contributed by atoms with Crippen LogP contribution in [0, 0.1) is 5.92 Å². The second-order valence-corrected chi connectivity index (χ2v) is 6.95. The van der Waals surface area contributed by atoms with Crippen LogP contribution in [-0.4, -0.2) is 31.0 Å². The zero-order valence-electron chi connectivity index (χ0n) is 14.8. The predicted molar refractivity (Wildman–Crippen MR) is 102 cm³/mol. The summed E-state index contributed by atoms with van der Waals surface area (Å²) in [7, 11) is 0. The first kappa shape index (κ1) is 17.3. The van der Waals surface area contributed by atoms with E-state index in [-0.39, 0.29) is 17.3 Å². The van der Waals surface area contributed by atoms with E-state index in [0.717, 1.165) is 12.8 Å². The number of benzene rings is 1. The number of nitrogens with one attached hydrogen (secondary N) is 2. The van der Waals surface area contributed by atoms with Crippen LogP contribution in [0.3, 0.4) is 0 Å². The Morgan fingerprint density at radius 1 is 1.26 bits per heavy atom. The minimum Gasteiger partial charge on any atom is -0.508 e. The van der Waals surface area contributed by atoms with Crippen LogP contribution in [0.4, 0.5) is 5.82 Å². The van der Waals surface area contributed by atoms with Crippen LogP contribution in [-0.2, 0) is 11.3 Å². The largest absolute Gasteiger partial charge is 0.508 e. The molecule has 0 bridgehead atoms. The standard InChI is InChI=1S/C19H21N5O3/c25-11-20-17-15-18(23-16(22-17)13-7-4-8-14(26)9-13)24(19(27)21-15)10-12-5-2-1-3-6-12/h4,7-9,11-12,26H,1-3,5-6,10H2,(H,21,27)(H,20,22,23,25). The number of phenols is 1. The third kappa shape index (κ3) is 3.42. The Hall–Kier alpha value is -3.16. The van der Waals surface area contributed by atoms with E-state index in [1.165, 1.54) is 19.3 Å². The molecule has 0 radical (unpaired) electrons. The molecule has 2 aromatic heterocycles. The van der Waals surface area contributed by atoms with Gasteiger partial charge in [-0.2, -0.15) is 0 Å². The average molecular weight is 367 g/mol. The number of aromatic amines is 1. The number of imidazole rings is 1. The van der Waals surface area contributed by atoms with E-state index >= 15 is 0 Å². The Kier molecular flexibility index (Phi) is 4.62. The highest BCUT2D eigenvalue weighted by Crippen LogP contribution is 2.28. The van der Waals surface area contributed by atoms with Crippen molar-refractivity contribution in [2.75, 3.05) is 5.32 Å². The number of H-pyrrole nitrogens is 1. The van der Waals surface area contributed by atoms with Crippen molar-refractivity contribution in [3.05, 3.63) is 34.7 Å². The van der Waals surface area contributed by atoms with Gasteiger partial charge in [-0.3, -0.25) is 9.36 Å². The highest BCUT2D eigenvalue weighted by atomic mass is 16.3. The van der Waals surface area contributed by atoms with Crippen LogP contribution in [0.15, 0.2) is 29.1 Å². The molecule has 0 saturated heterocycles. The van der Waals surface area contributed by atoms with E-state index in [4.69, 9.17) is 0 Å². The van der Waals surface area contributed by atoms with Crippen molar-refractivity contribution in [3.8, 4) is 17.1 Å². The topological polar surface area (TPSA) is 113 Å². The van der Waals surface area contributed by atoms with Gasteiger partial charge in [0.15, 0.2) is 17.3 Å². The molecule has 1 amide bonds. The summed E-state index contributed by atoms with van der Waals surface area (Å²) in [5.74, 6) is 1.11. The van der Waals surface area contributed by atoms with Crippen molar-refractivity contribution in [1.82, 2.24) is 19.5 Å². The van der Waals surface area contributed by atoms with Crippen LogP contribution in [0.5, 0.6) is 5.75 Å². The van der Waals surface area contributed by atoms with E-state index in [9.17, 15) is 14.7 Å². The van der Waals surface area contributed by atoms with E-state index in [2.05, 4.69) is 20.3 Å². The second kappa shape index (κ2) is 7.22. The Morgan fingerprint density at radius 2 is 2.07 bits per heavy atom. The Balaban J connectivity index is 1.84. The number of phenolic OH excluding ortho intramolecular Hbond substituents is 1. The third-order valence-electron chi connectivity index (χ3n) is 5.09. The molecular weight excluding hydrogens is 346 g/mol. The number of carbonyl (C=O) groups is 1. The first-order chi connectivity index (χ1) is 13.2. The maximum atomic E-state index is 12.6. The maximum absolute atomic E-state index is 12.6. The van der Waals surface area contributed by atoms with Crippen LogP contribution in [0.25, 0.3) is 22.6 Å². The third-order valence-corrected chi connectivity index (χ3v) is 5.09. The number of hydrogen-bond acceptors (Lipinski definition) is 5. The summed E-state index contributed by atoms with van der Waals surface area (Å²) >= 11 is 0. The van der Waals surface area contributed by atoms with Crippen LogP contribution in [0.1, 0.15) is 32.1 Å². The molecule has 8 heteroatoms. The van der Waals surface area contributed by atoms with Crippen LogP contribution >= 0.6 is 0 Å². The van der Waals surface area contributed by atoms with Crippen molar-refractivity contribution in [3.63, 3.8) is 0 Å². The number of carbonyl (C=O) groups excluding carboxylic acids is 1. The molecule has 1 aromatic carbocycles. The first-order valence-corrected chi connectivity index (χ1v) is 9.16. The highest BCUT2D eigenvalue weighted by Gasteiger charge is 2.20. The first-order valence-electron chi connectivity index (χ1n) is 9.16. The lowest BCUT2D eigenvalue weighted by atomic mass is 9.89. The fraction of sp³-hybridized carbons (Fsp3) is 0.368. The smallest absolute Gasteiger partial charge is 0.327 e. The molecule has 4 rings (SSSR count). The van der Waals surface area contributed by atoms with Crippen molar-refractivity contribution >= 4 is 23.4 Å². The van der Waals surface area contributed by atoms with Gasteiger partial charge in [0.25, 0.3) is 0 Å². The van der Waals surface area contributed by atoms with Crippen molar-refractivity contribution in [2.45, 2.75) is 38.6 Å². The Morgan fingerprint density at radius 3 is 2.81 bits per heavy atom. The summed E-state index contributed by atoms with van der Waals surface area (Å²) in [4.78, 5) is 35.3. The van der Waals surface area contributed by atoms with E-state index in [1.807, 2.05) is 0 Å². The van der Waals surface area contributed by atoms with Gasteiger partial charge in [0, 0.05) is 12.1 Å². The van der Waals surface area contributed by atoms with E-state index < -0.39 is 0 Å². The Labute approximate surface area is 155 Å². The van der Waals surface area contributed by atoms with E-state index in [0.29, 0.717) is 41.4 Å². The zero-order chi connectivity index (χ0) is 18.8. The van der Waals surface area contributed by atoms with Gasteiger partial charge in [0.05, 0.1) is 0 Å². The lowest BCUT2D eigenvalue weighted by Gasteiger charge is -2.21. The lowest BCUT2D eigenvalue weighted by molar-refractivity contribution is -0.105. The molecule has 0 spiro atoms. The van der Waals surface area contributed by atoms with Gasteiger partial charge in [0.1, 0.15) is 11.3 Å². The van der Waals surface area contributed by atoms with E-state index in [1.54, 1.807) is 28.8 Å². The molecule has 2 heterocycles. The van der Waals surface area contributed by atoms with Crippen molar-refractivity contribution < 1.29 is 9.90 Å². The number of fused-ring (bicyclic) bond motifs is 1. The molecule has 0 aliphatic heterocycles. The molecule has 3 N–H and O–H groups in total. The normalized spacial score (nSPS) is 15.1. The minimum atomic E-state index is -0.258. The molecule has 0 unspecified atom stereocenters. The number of nitrogens with zero attached hydrogens (tertiary/aromatic N) is 3. The fourth-order valence-electron chi connectivity index (χ4n) is 3.76. The highest BCUT2D eigenvalue weighted by molar-refractivity contribution is 5.90. The number of hydrogen-bond donors (Lipinski definition) is 3. The molecular formula is C19H21N5O3. The maximum Gasteiger partial charge on any atom is 0.327 e. The number of anilines is 1. The fourth-order valence-corrected chi connectivity index (χ4v) is 3.76. The van der Waals surface area contributed by atoms with Gasteiger partial charge in [-0.05, 0) is 30.9 Å². The molecule has 0 atom stereocenters. The summed E-state index contributed by atoms with van der Waals surface area (Å²) in [6.45, 7) is 0.593. The second-order valence-electron chi connectivity index (χ2n) is 6.95. The SMILES string of the molecule is O=CNc1nc(-c2cccc(O)c2)nc2c1[nH]c(=O)n2CC1CCCCC1. The quantitative estimate of drug-likeness (QED) is 0.600. The van der Waals surface area contributed by atoms with Gasteiger partial charge in [0.2, 0.25) is 6.41 Å². The monoisotopic (exact) mass is 367 g/mol. The van der Waals surface area contributed by atoms with Gasteiger partial charge >= 0.3 is 5.69 Å².